The number of aromatic nitrogens is 2. The smallest absolute Gasteiger partial charge is 0.308 e. The molecule has 9 nitrogen and oxygen atoms in total. The van der Waals surface area contributed by atoms with Gasteiger partial charge < -0.3 is 14.9 Å². The van der Waals surface area contributed by atoms with Crippen LogP contribution < -0.4 is 4.31 Å². The van der Waals surface area contributed by atoms with Crippen LogP contribution in [0.1, 0.15) is 63.6 Å². The number of sulfonamides is 1. The molecule has 1 aromatic carbocycles. The summed E-state index contributed by atoms with van der Waals surface area (Å²) in [5.41, 5.74) is 1.91. The van der Waals surface area contributed by atoms with Crippen molar-refractivity contribution in [1.82, 2.24) is 9.97 Å². The van der Waals surface area contributed by atoms with Crippen molar-refractivity contribution in [3.8, 4) is 11.3 Å². The highest BCUT2D eigenvalue weighted by molar-refractivity contribution is 7.92. The maximum Gasteiger partial charge on any atom is 0.308 e. The van der Waals surface area contributed by atoms with Crippen LogP contribution in [-0.4, -0.2) is 66.7 Å². The minimum absolute atomic E-state index is 0.0415. The van der Waals surface area contributed by atoms with Gasteiger partial charge in [0.15, 0.2) is 0 Å². The largest absolute Gasteiger partial charge is 0.466 e. The van der Waals surface area contributed by atoms with Gasteiger partial charge in [0, 0.05) is 24.6 Å². The van der Waals surface area contributed by atoms with Crippen molar-refractivity contribution < 1.29 is 32.6 Å². The molecule has 2 atom stereocenters. The highest BCUT2D eigenvalue weighted by Gasteiger charge is 2.22. The lowest BCUT2D eigenvalue weighted by Gasteiger charge is -2.20. The number of rotatable bonds is 13. The Morgan fingerprint density at radius 1 is 1.19 bits per heavy atom. The fraction of sp³-hybridized carbons (Fsp3) is 0.500. The summed E-state index contributed by atoms with van der Waals surface area (Å²) in [7, 11) is -2.30. The van der Waals surface area contributed by atoms with Crippen LogP contribution in [0.3, 0.4) is 0 Å². The first kappa shape index (κ1) is 30.3. The third-order valence-electron chi connectivity index (χ3n) is 5.57. The van der Waals surface area contributed by atoms with E-state index in [-0.39, 0.29) is 24.7 Å². The maximum atomic E-state index is 13.6. The molecule has 0 aliphatic carbocycles. The van der Waals surface area contributed by atoms with Gasteiger partial charge in [-0.05, 0) is 36.6 Å². The Bertz CT molecular complexity index is 1190. The first-order chi connectivity index (χ1) is 17.3. The average molecular weight is 538 g/mol. The summed E-state index contributed by atoms with van der Waals surface area (Å²) >= 11 is 0. The predicted octanol–water partition coefficient (Wildman–Crippen LogP) is 3.66. The number of halogens is 1. The lowest BCUT2D eigenvalue weighted by atomic mass is 9.97. The van der Waals surface area contributed by atoms with Gasteiger partial charge in [0.1, 0.15) is 5.82 Å². The molecule has 11 heteroatoms. The van der Waals surface area contributed by atoms with Crippen molar-refractivity contribution in [2.75, 3.05) is 24.2 Å². The van der Waals surface area contributed by atoms with Crippen LogP contribution in [-0.2, 0) is 19.6 Å². The summed E-state index contributed by atoms with van der Waals surface area (Å²) in [6, 6.07) is 5.58. The van der Waals surface area contributed by atoms with Gasteiger partial charge >= 0.3 is 5.97 Å². The van der Waals surface area contributed by atoms with Crippen molar-refractivity contribution >= 4 is 28.0 Å². The highest BCUT2D eigenvalue weighted by Crippen LogP contribution is 2.31. The molecule has 0 saturated carbocycles. The molecule has 37 heavy (non-hydrogen) atoms. The van der Waals surface area contributed by atoms with Crippen LogP contribution in [0.2, 0.25) is 0 Å². The zero-order chi connectivity index (χ0) is 27.8. The Balaban J connectivity index is 2.40. The first-order valence-electron chi connectivity index (χ1n) is 12.1. The number of nitrogens with zero attached hydrogens (tertiary/aromatic N) is 3. The number of unbranched alkanes of at least 4 members (excludes halogenated alkanes) is 1. The Kier molecular flexibility index (Phi) is 11.1. The van der Waals surface area contributed by atoms with E-state index in [1.54, 1.807) is 6.08 Å². The molecule has 0 unspecified atom stereocenters. The molecule has 2 N–H and O–H groups in total. The van der Waals surface area contributed by atoms with Crippen LogP contribution in [0, 0.1) is 5.82 Å². The monoisotopic (exact) mass is 537 g/mol. The molecule has 0 aliphatic heterocycles. The quantitative estimate of drug-likeness (QED) is 0.293. The zero-order valence-electron chi connectivity index (χ0n) is 21.9. The van der Waals surface area contributed by atoms with E-state index in [4.69, 9.17) is 4.74 Å². The van der Waals surface area contributed by atoms with E-state index in [2.05, 4.69) is 9.97 Å². The van der Waals surface area contributed by atoms with E-state index >= 15 is 0 Å². The SMILES string of the molecule is CCCCOC(=O)C[C@H](O)C[C@H](O)/C=C/c1c(-c2ccc(F)cc2)nc(N(C)S(C)(=O)=O)nc1C(C)C. The van der Waals surface area contributed by atoms with E-state index in [1.165, 1.54) is 37.4 Å². The second-order valence-electron chi connectivity index (χ2n) is 9.16. The molecule has 1 aromatic heterocycles. The number of hydrogen-bond acceptors (Lipinski definition) is 8. The van der Waals surface area contributed by atoms with Crippen molar-refractivity contribution in [3.63, 3.8) is 0 Å². The third kappa shape index (κ3) is 9.17. The fourth-order valence-corrected chi connectivity index (χ4v) is 3.80. The standard InChI is InChI=1S/C26H36FN3O6S/c1-6-7-14-36-23(33)16-21(32)15-20(31)12-13-22-24(17(2)3)28-26(30(4)37(5,34)35)29-25(22)18-8-10-19(27)11-9-18/h8-13,17,20-21,31-32H,6-7,14-16H2,1-5H3/b13-12+/t20-,21-/m1/s1. The number of hydrogen-bond donors (Lipinski definition) is 2. The predicted molar refractivity (Wildman–Crippen MR) is 141 cm³/mol. The second kappa shape index (κ2) is 13.6. The molecule has 2 rings (SSSR count). The zero-order valence-corrected chi connectivity index (χ0v) is 22.7. The summed E-state index contributed by atoms with van der Waals surface area (Å²) in [4.78, 5) is 20.8. The number of esters is 1. The molecule has 2 aromatic rings. The van der Waals surface area contributed by atoms with Crippen LogP contribution in [0.25, 0.3) is 17.3 Å². The van der Waals surface area contributed by atoms with Crippen molar-refractivity contribution in [2.24, 2.45) is 0 Å². The number of carbonyl (C=O) groups excluding carboxylic acids is 1. The minimum atomic E-state index is -3.65. The first-order valence-corrected chi connectivity index (χ1v) is 14.0. The summed E-state index contributed by atoms with van der Waals surface area (Å²) in [5.74, 6) is -1.17. The number of ether oxygens (including phenoxy) is 1. The Labute approximate surface area is 218 Å². The fourth-order valence-electron chi connectivity index (χ4n) is 3.43. The van der Waals surface area contributed by atoms with Gasteiger partial charge in [0.2, 0.25) is 16.0 Å². The number of anilines is 1. The van der Waals surface area contributed by atoms with Gasteiger partial charge in [-0.2, -0.15) is 0 Å². The molecule has 0 saturated heterocycles. The van der Waals surface area contributed by atoms with Crippen LogP contribution in [0.4, 0.5) is 10.3 Å². The van der Waals surface area contributed by atoms with Crippen molar-refractivity contribution in [3.05, 3.63) is 47.4 Å². The normalized spacial score (nSPS) is 13.6. The van der Waals surface area contributed by atoms with Crippen LogP contribution in [0.15, 0.2) is 30.3 Å². The molecular formula is C26H36FN3O6S. The molecule has 0 bridgehead atoms. The number of benzene rings is 1. The lowest BCUT2D eigenvalue weighted by Crippen LogP contribution is -2.27. The van der Waals surface area contributed by atoms with E-state index in [9.17, 15) is 27.8 Å². The second-order valence-corrected chi connectivity index (χ2v) is 11.2. The highest BCUT2D eigenvalue weighted by atomic mass is 32.2. The van der Waals surface area contributed by atoms with E-state index in [0.29, 0.717) is 29.1 Å². The summed E-state index contributed by atoms with van der Waals surface area (Å²) in [6.07, 6.45) is 3.17. The summed E-state index contributed by atoms with van der Waals surface area (Å²) in [6.45, 7) is 6.02. The van der Waals surface area contributed by atoms with Crippen LogP contribution in [0.5, 0.6) is 0 Å². The number of aliphatic hydroxyl groups is 2. The molecule has 0 amide bonds. The molecule has 0 aliphatic rings. The van der Waals surface area contributed by atoms with Crippen molar-refractivity contribution in [1.29, 1.82) is 0 Å². The third-order valence-corrected chi connectivity index (χ3v) is 6.73. The lowest BCUT2D eigenvalue weighted by molar-refractivity contribution is -0.146. The van der Waals surface area contributed by atoms with Gasteiger partial charge in [0.25, 0.3) is 0 Å². The van der Waals surface area contributed by atoms with Gasteiger partial charge in [-0.15, -0.1) is 0 Å². The minimum Gasteiger partial charge on any atom is -0.466 e. The van der Waals surface area contributed by atoms with Gasteiger partial charge in [-0.3, -0.25) is 4.79 Å². The van der Waals surface area contributed by atoms with Gasteiger partial charge in [0.05, 0.1) is 42.9 Å². The van der Waals surface area contributed by atoms with Crippen molar-refractivity contribution in [2.45, 2.75) is 64.6 Å². The summed E-state index contributed by atoms with van der Waals surface area (Å²) in [5, 5.41) is 20.7. The van der Waals surface area contributed by atoms with E-state index in [1.807, 2.05) is 20.8 Å². The molecule has 0 radical (unpaired) electrons. The molecule has 1 heterocycles. The van der Waals surface area contributed by atoms with Gasteiger partial charge in [-0.1, -0.05) is 39.3 Å². The topological polar surface area (TPSA) is 130 Å². The molecule has 204 valence electrons. The Hall–Kier alpha value is -2.89. The Morgan fingerprint density at radius 2 is 1.84 bits per heavy atom. The molecular weight excluding hydrogens is 501 g/mol. The molecule has 0 fully saturated rings. The van der Waals surface area contributed by atoms with E-state index in [0.717, 1.165) is 23.4 Å². The van der Waals surface area contributed by atoms with Gasteiger partial charge in [-0.25, -0.2) is 27.1 Å². The van der Waals surface area contributed by atoms with Crippen LogP contribution >= 0.6 is 0 Å². The number of aliphatic hydroxyl groups excluding tert-OH is 2. The van der Waals surface area contributed by atoms with E-state index < -0.39 is 34.0 Å². The number of carbonyl (C=O) groups is 1. The summed E-state index contributed by atoms with van der Waals surface area (Å²) < 4.78 is 43.9. The Morgan fingerprint density at radius 3 is 2.41 bits per heavy atom. The maximum absolute atomic E-state index is 13.6. The average Bonchev–Trinajstić information content (AvgIpc) is 2.81. The molecule has 0 spiro atoms.